The second kappa shape index (κ2) is 10.3. The molecule has 0 atom stereocenters. The molecule has 11 heteroatoms. The van der Waals surface area contributed by atoms with Crippen molar-refractivity contribution in [3.05, 3.63) is 111 Å². The molecule has 0 aliphatic carbocycles. The minimum Gasteiger partial charge on any atom is -0.488 e. The zero-order valence-electron chi connectivity index (χ0n) is 22.4. The molecule has 41 heavy (non-hydrogen) atoms. The number of halogens is 3. The van der Waals surface area contributed by atoms with E-state index in [1.54, 1.807) is 29.7 Å². The molecular formula is C30H25F3N4O4. The molecule has 0 amide bonds. The maximum atomic E-state index is 14.2. The summed E-state index contributed by atoms with van der Waals surface area (Å²) in [5, 5.41) is 3.85. The van der Waals surface area contributed by atoms with Crippen molar-refractivity contribution >= 4 is 16.8 Å². The van der Waals surface area contributed by atoms with Crippen LogP contribution in [-0.2, 0) is 13.0 Å². The van der Waals surface area contributed by atoms with Gasteiger partial charge in [-0.15, -0.1) is 0 Å². The SMILES string of the molecule is CC(=C1c2ccc(Cc3c(C(C)C)nc4c(OC(F)F)cccn34)cc2COc2cc(F)ccc21)c1noc(=O)[nH]1. The zero-order valence-corrected chi connectivity index (χ0v) is 22.4. The van der Waals surface area contributed by atoms with Gasteiger partial charge < -0.3 is 13.9 Å². The molecule has 0 bridgehead atoms. The largest absolute Gasteiger partial charge is 0.488 e. The fourth-order valence-electron chi connectivity index (χ4n) is 5.29. The number of imidazole rings is 1. The van der Waals surface area contributed by atoms with Gasteiger partial charge in [0.15, 0.2) is 17.2 Å². The minimum atomic E-state index is -2.97. The first-order valence-corrected chi connectivity index (χ1v) is 13.0. The van der Waals surface area contributed by atoms with Crippen LogP contribution >= 0.6 is 0 Å². The van der Waals surface area contributed by atoms with Gasteiger partial charge in [0.2, 0.25) is 0 Å². The lowest BCUT2D eigenvalue weighted by Gasteiger charge is -2.15. The molecule has 3 aromatic heterocycles. The Morgan fingerprint density at radius 3 is 2.68 bits per heavy atom. The number of hydrogen-bond acceptors (Lipinski definition) is 6. The second-order valence-electron chi connectivity index (χ2n) is 10.1. The number of nitrogens with one attached hydrogen (secondary N) is 1. The van der Waals surface area contributed by atoms with Crippen LogP contribution in [0.1, 0.15) is 66.2 Å². The predicted molar refractivity (Wildman–Crippen MR) is 145 cm³/mol. The molecule has 6 rings (SSSR count). The van der Waals surface area contributed by atoms with Crippen molar-refractivity contribution in [2.75, 3.05) is 0 Å². The third-order valence-electron chi connectivity index (χ3n) is 7.08. The van der Waals surface area contributed by atoms with Crippen LogP contribution in [0.5, 0.6) is 11.5 Å². The summed E-state index contributed by atoms with van der Waals surface area (Å²) < 4.78 is 57.6. The maximum Gasteiger partial charge on any atom is 0.439 e. The smallest absolute Gasteiger partial charge is 0.439 e. The van der Waals surface area contributed by atoms with Crippen LogP contribution in [0.15, 0.2) is 64.0 Å². The van der Waals surface area contributed by atoms with Crippen molar-refractivity contribution in [1.82, 2.24) is 19.5 Å². The Morgan fingerprint density at radius 2 is 1.95 bits per heavy atom. The van der Waals surface area contributed by atoms with Gasteiger partial charge in [0.05, 0.1) is 11.4 Å². The zero-order chi connectivity index (χ0) is 28.8. The predicted octanol–water partition coefficient (Wildman–Crippen LogP) is 6.34. The molecule has 5 aromatic rings. The van der Waals surface area contributed by atoms with Crippen LogP contribution < -0.4 is 15.2 Å². The molecule has 2 aromatic carbocycles. The molecular weight excluding hydrogens is 537 g/mol. The lowest BCUT2D eigenvalue weighted by Crippen LogP contribution is -2.05. The number of benzene rings is 2. The molecule has 1 aliphatic rings. The summed E-state index contributed by atoms with van der Waals surface area (Å²) in [5.74, 6) is -0.474. The number of hydrogen-bond donors (Lipinski definition) is 1. The Kier molecular flexibility index (Phi) is 6.64. The third kappa shape index (κ3) is 4.88. The highest BCUT2D eigenvalue weighted by Gasteiger charge is 2.25. The van der Waals surface area contributed by atoms with Crippen LogP contribution in [0.4, 0.5) is 13.2 Å². The molecule has 0 saturated carbocycles. The normalized spacial score (nSPS) is 14.1. The first kappa shape index (κ1) is 26.4. The van der Waals surface area contributed by atoms with Crippen molar-refractivity contribution < 1.29 is 27.2 Å². The van der Waals surface area contributed by atoms with E-state index in [1.807, 2.05) is 32.0 Å². The summed E-state index contributed by atoms with van der Waals surface area (Å²) in [6, 6.07) is 13.4. The molecule has 0 saturated heterocycles. The summed E-state index contributed by atoms with van der Waals surface area (Å²) >= 11 is 0. The lowest BCUT2D eigenvalue weighted by atomic mass is 9.89. The van der Waals surface area contributed by atoms with Crippen LogP contribution in [0, 0.1) is 5.82 Å². The monoisotopic (exact) mass is 562 g/mol. The fourth-order valence-corrected chi connectivity index (χ4v) is 5.29. The number of nitrogens with zero attached hydrogens (tertiary/aromatic N) is 3. The molecule has 4 heterocycles. The van der Waals surface area contributed by atoms with Gasteiger partial charge in [-0.05, 0) is 59.4 Å². The third-order valence-corrected chi connectivity index (χ3v) is 7.08. The van der Waals surface area contributed by atoms with Gasteiger partial charge in [0.25, 0.3) is 0 Å². The average molecular weight is 563 g/mol. The van der Waals surface area contributed by atoms with Crippen LogP contribution in [0.25, 0.3) is 16.8 Å². The Bertz CT molecular complexity index is 1870. The number of pyridine rings is 1. The highest BCUT2D eigenvalue weighted by molar-refractivity contribution is 5.99. The van der Waals surface area contributed by atoms with Gasteiger partial charge in [-0.2, -0.15) is 8.78 Å². The Labute approximate surface area is 232 Å². The second-order valence-corrected chi connectivity index (χ2v) is 10.1. The van der Waals surface area contributed by atoms with E-state index in [0.29, 0.717) is 29.0 Å². The molecule has 0 unspecified atom stereocenters. The molecule has 8 nitrogen and oxygen atoms in total. The van der Waals surface area contributed by atoms with Crippen molar-refractivity contribution in [3.8, 4) is 11.5 Å². The Balaban J connectivity index is 1.47. The number of allylic oxidation sites excluding steroid dienone is 1. The first-order valence-electron chi connectivity index (χ1n) is 13.0. The van der Waals surface area contributed by atoms with Crippen molar-refractivity contribution in [2.24, 2.45) is 0 Å². The van der Waals surface area contributed by atoms with E-state index in [-0.39, 0.29) is 24.1 Å². The number of ether oxygens (including phenoxy) is 2. The fraction of sp³-hybridized carbons (Fsp3) is 0.233. The summed E-state index contributed by atoms with van der Waals surface area (Å²) in [4.78, 5) is 18.9. The molecule has 0 radical (unpaired) electrons. The van der Waals surface area contributed by atoms with E-state index in [1.165, 1.54) is 18.2 Å². The first-order chi connectivity index (χ1) is 19.7. The summed E-state index contributed by atoms with van der Waals surface area (Å²) in [6.45, 7) is 2.99. The standard InChI is InChI=1S/C30H25F3N4O4/c1-15(2)26-22(37-10-4-5-23(28(37)34-26)40-29(32)33)12-17-6-8-20-18(11-17)14-39-24-13-19(31)7-9-21(24)25(20)16(3)27-35-30(38)41-36-27/h4-11,13,15,29H,12,14H2,1-3H3,(H,35,36,38). The van der Waals surface area contributed by atoms with Crippen LogP contribution in [0.2, 0.25) is 0 Å². The van der Waals surface area contributed by atoms with Gasteiger partial charge in [-0.1, -0.05) is 37.2 Å². The van der Waals surface area contributed by atoms with E-state index in [9.17, 15) is 18.0 Å². The van der Waals surface area contributed by atoms with Gasteiger partial charge in [-0.25, -0.2) is 14.2 Å². The topological polar surface area (TPSA) is 94.7 Å². The van der Waals surface area contributed by atoms with Crippen molar-refractivity contribution in [3.63, 3.8) is 0 Å². The van der Waals surface area contributed by atoms with E-state index >= 15 is 0 Å². The molecule has 1 N–H and O–H groups in total. The van der Waals surface area contributed by atoms with E-state index in [4.69, 9.17) is 14.0 Å². The molecule has 0 spiro atoms. The van der Waals surface area contributed by atoms with Gasteiger partial charge in [0, 0.05) is 29.8 Å². The van der Waals surface area contributed by atoms with Crippen LogP contribution in [0.3, 0.4) is 0 Å². The Morgan fingerprint density at radius 1 is 1.15 bits per heavy atom. The highest BCUT2D eigenvalue weighted by Crippen LogP contribution is 2.41. The maximum absolute atomic E-state index is 14.2. The summed E-state index contributed by atoms with van der Waals surface area (Å²) in [5.41, 5.74) is 6.53. The summed E-state index contributed by atoms with van der Waals surface area (Å²) in [6.07, 6.45) is 2.23. The highest BCUT2D eigenvalue weighted by atomic mass is 19.3. The number of H-pyrrole nitrogens is 1. The number of aromatic nitrogens is 4. The minimum absolute atomic E-state index is 0.00660. The van der Waals surface area contributed by atoms with Gasteiger partial charge in [-0.3, -0.25) is 9.51 Å². The molecule has 1 aliphatic heterocycles. The average Bonchev–Trinajstić information content (AvgIpc) is 3.49. The van der Waals surface area contributed by atoms with Crippen molar-refractivity contribution in [2.45, 2.75) is 46.3 Å². The summed E-state index contributed by atoms with van der Waals surface area (Å²) in [7, 11) is 0. The number of alkyl halides is 2. The quantitative estimate of drug-likeness (QED) is 0.260. The van der Waals surface area contributed by atoms with Gasteiger partial charge in [0.1, 0.15) is 18.2 Å². The van der Waals surface area contributed by atoms with Gasteiger partial charge >= 0.3 is 12.4 Å². The lowest BCUT2D eigenvalue weighted by molar-refractivity contribution is -0.0491. The number of aromatic amines is 1. The van der Waals surface area contributed by atoms with E-state index in [2.05, 4.69) is 15.1 Å². The number of rotatable bonds is 6. The van der Waals surface area contributed by atoms with E-state index in [0.717, 1.165) is 33.7 Å². The molecule has 0 fully saturated rings. The van der Waals surface area contributed by atoms with Crippen molar-refractivity contribution in [1.29, 1.82) is 0 Å². The number of fused-ring (bicyclic) bond motifs is 3. The Hall–Kier alpha value is -4.80. The van der Waals surface area contributed by atoms with E-state index < -0.39 is 18.2 Å². The molecule has 210 valence electrons. The van der Waals surface area contributed by atoms with Crippen LogP contribution in [-0.4, -0.2) is 26.1 Å².